The van der Waals surface area contributed by atoms with E-state index in [2.05, 4.69) is 15.1 Å². The molecule has 1 amide bonds. The second kappa shape index (κ2) is 6.54. The van der Waals surface area contributed by atoms with Gasteiger partial charge < -0.3 is 9.73 Å². The summed E-state index contributed by atoms with van der Waals surface area (Å²) in [4.78, 5) is 20.6. The summed E-state index contributed by atoms with van der Waals surface area (Å²) in [5, 5.41) is 5.90. The highest BCUT2D eigenvalue weighted by Crippen LogP contribution is 2.27. The van der Waals surface area contributed by atoms with E-state index in [0.717, 1.165) is 19.5 Å². The molecule has 3 heterocycles. The molecule has 0 spiro atoms. The summed E-state index contributed by atoms with van der Waals surface area (Å²) in [6.45, 7) is 2.51. The zero-order chi connectivity index (χ0) is 20.9. The fourth-order valence-electron chi connectivity index (χ4n) is 2.85. The maximum Gasteiger partial charge on any atom is 0.408 e. The molecule has 7 nitrogen and oxygen atoms in total. The fourth-order valence-corrected chi connectivity index (χ4v) is 2.85. The predicted octanol–water partition coefficient (Wildman–Crippen LogP) is 3.67. The number of oxazole rings is 1. The Morgan fingerprint density at radius 3 is 2.76 bits per heavy atom. The summed E-state index contributed by atoms with van der Waals surface area (Å²) in [6.07, 6.45) is -2.34. The van der Waals surface area contributed by atoms with Crippen LogP contribution in [0.2, 0.25) is 0 Å². The van der Waals surface area contributed by atoms with E-state index >= 15 is 0 Å². The van der Waals surface area contributed by atoms with Crippen LogP contribution < -0.4 is 5.32 Å². The lowest BCUT2D eigenvalue weighted by molar-refractivity contribution is -0.149. The summed E-state index contributed by atoms with van der Waals surface area (Å²) in [6, 6.07) is 2.33. The number of rotatable bonds is 3. The highest BCUT2D eigenvalue weighted by Gasteiger charge is 2.37. The van der Waals surface area contributed by atoms with E-state index in [-0.39, 0.29) is 22.3 Å². The number of nitrogens with one attached hydrogen (secondary N) is 1. The van der Waals surface area contributed by atoms with Crippen molar-refractivity contribution < 1.29 is 26.8 Å². The van der Waals surface area contributed by atoms with Crippen LogP contribution in [0.4, 0.5) is 17.6 Å². The third-order valence-electron chi connectivity index (χ3n) is 4.42. The van der Waals surface area contributed by atoms with Gasteiger partial charge in [-0.2, -0.15) is 18.3 Å². The molecule has 150 valence electrons. The van der Waals surface area contributed by atoms with E-state index < -0.39 is 23.9 Å². The lowest BCUT2D eigenvalue weighted by Gasteiger charge is -2.16. The maximum atomic E-state index is 14.2. The van der Waals surface area contributed by atoms with Crippen LogP contribution >= 0.6 is 0 Å². The molecule has 0 saturated carbocycles. The van der Waals surface area contributed by atoms with Crippen molar-refractivity contribution in [3.8, 4) is 11.3 Å². The first-order chi connectivity index (χ1) is 13.6. The van der Waals surface area contributed by atoms with Crippen LogP contribution in [0.5, 0.6) is 0 Å². The first-order valence-corrected chi connectivity index (χ1v) is 8.41. The number of carbonyl (C=O) groups excluding carboxylic acids is 1. The lowest BCUT2D eigenvalue weighted by Crippen LogP contribution is -2.43. The second-order valence-corrected chi connectivity index (χ2v) is 6.47. The summed E-state index contributed by atoms with van der Waals surface area (Å²) in [7, 11) is 0. The molecule has 0 radical (unpaired) electrons. The Bertz CT molecular complexity index is 1240. The van der Waals surface area contributed by atoms with Crippen molar-refractivity contribution >= 4 is 22.7 Å². The zero-order valence-corrected chi connectivity index (χ0v) is 15.1. The molecule has 0 aliphatic rings. The van der Waals surface area contributed by atoms with Crippen molar-refractivity contribution in [1.82, 2.24) is 24.9 Å². The van der Waals surface area contributed by atoms with Gasteiger partial charge in [-0.3, -0.25) is 4.79 Å². The molecule has 0 saturated heterocycles. The van der Waals surface area contributed by atoms with Gasteiger partial charge in [0.25, 0.3) is 5.91 Å². The first-order valence-electron chi connectivity index (χ1n) is 8.41. The Kier molecular flexibility index (Phi) is 4.25. The number of amides is 1. The summed E-state index contributed by atoms with van der Waals surface area (Å²) in [5.41, 5.74) is 1.42. The van der Waals surface area contributed by atoms with Crippen molar-refractivity contribution in [1.29, 1.82) is 0 Å². The summed E-state index contributed by atoms with van der Waals surface area (Å²) < 4.78 is 58.8. The third kappa shape index (κ3) is 3.28. The van der Waals surface area contributed by atoms with E-state index in [1.807, 2.05) is 5.32 Å². The van der Waals surface area contributed by atoms with Crippen molar-refractivity contribution in [2.75, 3.05) is 0 Å². The normalized spacial score (nSPS) is 13.2. The molecular weight excluding hydrogens is 394 g/mol. The van der Waals surface area contributed by atoms with Crippen LogP contribution in [0, 0.1) is 12.7 Å². The molecule has 0 unspecified atom stereocenters. The highest BCUT2D eigenvalue weighted by molar-refractivity contribution is 6.00. The van der Waals surface area contributed by atoms with Gasteiger partial charge in [-0.15, -0.1) is 0 Å². The van der Waals surface area contributed by atoms with Crippen LogP contribution in [0.3, 0.4) is 0 Å². The quantitative estimate of drug-likeness (QED) is 0.524. The topological polar surface area (TPSA) is 85.3 Å². The van der Waals surface area contributed by atoms with Crippen molar-refractivity contribution in [2.24, 2.45) is 0 Å². The maximum absolute atomic E-state index is 14.2. The Balaban J connectivity index is 1.79. The average Bonchev–Trinajstić information content (AvgIpc) is 3.27. The number of halogens is 4. The molecule has 1 atom stereocenters. The molecule has 1 aromatic carbocycles. The Hall–Kier alpha value is -3.50. The minimum Gasteiger partial charge on any atom is -0.440 e. The molecule has 0 aliphatic carbocycles. The molecule has 3 aromatic heterocycles. The lowest BCUT2D eigenvalue weighted by atomic mass is 10.1. The number of benzene rings is 1. The van der Waals surface area contributed by atoms with Crippen molar-refractivity contribution in [3.05, 3.63) is 47.9 Å². The van der Waals surface area contributed by atoms with E-state index in [4.69, 9.17) is 4.42 Å². The van der Waals surface area contributed by atoms with Gasteiger partial charge in [-0.05, 0) is 32.0 Å². The van der Waals surface area contributed by atoms with Crippen molar-refractivity contribution in [2.45, 2.75) is 26.1 Å². The van der Waals surface area contributed by atoms with E-state index in [1.54, 1.807) is 19.1 Å². The number of aryl methyl sites for hydroxylation is 1. The minimum atomic E-state index is -4.59. The molecule has 4 aromatic rings. The van der Waals surface area contributed by atoms with Gasteiger partial charge in [0, 0.05) is 11.3 Å². The van der Waals surface area contributed by atoms with Gasteiger partial charge in [0.05, 0.1) is 11.9 Å². The second-order valence-electron chi connectivity index (χ2n) is 6.47. The minimum absolute atomic E-state index is 0.00268. The van der Waals surface area contributed by atoms with E-state index in [9.17, 15) is 22.4 Å². The zero-order valence-electron chi connectivity index (χ0n) is 15.1. The number of hydrogen-bond donors (Lipinski definition) is 1. The van der Waals surface area contributed by atoms with Crippen LogP contribution in [-0.2, 0) is 0 Å². The summed E-state index contributed by atoms with van der Waals surface area (Å²) in [5.74, 6) is -1.60. The van der Waals surface area contributed by atoms with Gasteiger partial charge >= 0.3 is 6.18 Å². The van der Waals surface area contributed by atoms with Gasteiger partial charge in [0.1, 0.15) is 17.1 Å². The number of aromatic nitrogens is 4. The Morgan fingerprint density at radius 1 is 1.28 bits per heavy atom. The van der Waals surface area contributed by atoms with Crippen LogP contribution in [0.15, 0.2) is 35.2 Å². The standard InChI is InChI=1S/C18H13F4N5O2/c1-8-3-13(10-4-12(19)15-14(5-10)23-7-29-15)26-16-11(6-24-27(8)16)17(28)25-9(2)18(20,21)22/h3-7,9H,1-2H3,(H,25,28)/t9-/m1/s1. The fraction of sp³-hybridized carbons (Fsp3) is 0.222. The first kappa shape index (κ1) is 18.8. The molecule has 0 fully saturated rings. The van der Waals surface area contributed by atoms with E-state index in [0.29, 0.717) is 17.0 Å². The molecule has 1 N–H and O–H groups in total. The van der Waals surface area contributed by atoms with Crippen LogP contribution in [0.1, 0.15) is 23.0 Å². The monoisotopic (exact) mass is 407 g/mol. The Morgan fingerprint density at radius 2 is 2.03 bits per heavy atom. The smallest absolute Gasteiger partial charge is 0.408 e. The van der Waals surface area contributed by atoms with Crippen molar-refractivity contribution in [3.63, 3.8) is 0 Å². The SMILES string of the molecule is Cc1cc(-c2cc(F)c3ocnc3c2)nc2c(C(=O)N[C@H](C)C(F)(F)F)cnn12. The largest absolute Gasteiger partial charge is 0.440 e. The molecule has 0 bridgehead atoms. The molecule has 0 aliphatic heterocycles. The molecule has 29 heavy (non-hydrogen) atoms. The van der Waals surface area contributed by atoms with Crippen LogP contribution in [0.25, 0.3) is 28.0 Å². The highest BCUT2D eigenvalue weighted by atomic mass is 19.4. The van der Waals surface area contributed by atoms with Gasteiger partial charge in [-0.25, -0.2) is 18.9 Å². The molecular formula is C18H13F4N5O2. The Labute approximate surface area is 160 Å². The van der Waals surface area contributed by atoms with Gasteiger partial charge in [-0.1, -0.05) is 0 Å². The number of nitrogens with zero attached hydrogens (tertiary/aromatic N) is 4. The predicted molar refractivity (Wildman–Crippen MR) is 93.7 cm³/mol. The van der Waals surface area contributed by atoms with Gasteiger partial charge in [0.15, 0.2) is 23.4 Å². The molecule has 11 heteroatoms. The number of hydrogen-bond acceptors (Lipinski definition) is 5. The number of fused-ring (bicyclic) bond motifs is 2. The van der Waals surface area contributed by atoms with E-state index in [1.165, 1.54) is 10.6 Å². The number of alkyl halides is 3. The third-order valence-corrected chi connectivity index (χ3v) is 4.42. The molecule has 4 rings (SSSR count). The number of carbonyl (C=O) groups is 1. The van der Waals surface area contributed by atoms with Gasteiger partial charge in [0.2, 0.25) is 0 Å². The average molecular weight is 407 g/mol. The summed E-state index contributed by atoms with van der Waals surface area (Å²) >= 11 is 0. The van der Waals surface area contributed by atoms with Crippen LogP contribution in [-0.4, -0.2) is 37.7 Å².